The van der Waals surface area contributed by atoms with Gasteiger partial charge < -0.3 is 20.4 Å². The smallest absolute Gasteiger partial charge is 0.202 e. The summed E-state index contributed by atoms with van der Waals surface area (Å²) >= 11 is 0. The first kappa shape index (κ1) is 24.4. The van der Waals surface area contributed by atoms with Gasteiger partial charge in [0.05, 0.1) is 5.56 Å². The van der Waals surface area contributed by atoms with Crippen molar-refractivity contribution in [2.24, 2.45) is 23.7 Å². The van der Waals surface area contributed by atoms with Crippen LogP contribution in [0.2, 0.25) is 0 Å². The number of phenolic OH excluding ortho intramolecular Hbond substituents is 1. The zero-order valence-electron chi connectivity index (χ0n) is 20.5. The number of rotatable bonds is 4. The van der Waals surface area contributed by atoms with E-state index in [4.69, 9.17) is 0 Å². The van der Waals surface area contributed by atoms with E-state index in [1.807, 2.05) is 6.92 Å². The molecule has 0 aromatic heterocycles. The number of carbonyl (C=O) groups is 4. The monoisotopic (exact) mass is 494 g/mol. The van der Waals surface area contributed by atoms with Crippen molar-refractivity contribution in [2.75, 3.05) is 0 Å². The van der Waals surface area contributed by atoms with Crippen LogP contribution >= 0.6 is 0 Å². The van der Waals surface area contributed by atoms with Gasteiger partial charge in [0.2, 0.25) is 5.78 Å². The lowest BCUT2D eigenvalue weighted by Gasteiger charge is -2.52. The maximum absolute atomic E-state index is 13.9. The van der Waals surface area contributed by atoms with E-state index in [0.29, 0.717) is 11.1 Å². The molecule has 8 heteroatoms. The summed E-state index contributed by atoms with van der Waals surface area (Å²) < 4.78 is 0. The molecule has 0 amide bonds. The van der Waals surface area contributed by atoms with Crippen LogP contribution < -0.4 is 0 Å². The Kier molecular flexibility index (Phi) is 5.52. The van der Waals surface area contributed by atoms with Crippen molar-refractivity contribution < 1.29 is 39.6 Å². The molecule has 0 bridgehead atoms. The Morgan fingerprint density at radius 1 is 1.11 bits per heavy atom. The molecule has 1 aromatic carbocycles. The molecule has 2 fully saturated rings. The van der Waals surface area contributed by atoms with Gasteiger partial charge in [-0.05, 0) is 49.7 Å². The van der Waals surface area contributed by atoms with E-state index < -0.39 is 63.7 Å². The molecular formula is C28H30O8. The maximum atomic E-state index is 13.9. The normalized spacial score (nSPS) is 32.0. The third-order valence-corrected chi connectivity index (χ3v) is 9.00. The summed E-state index contributed by atoms with van der Waals surface area (Å²) in [5.41, 5.74) is -2.31. The number of aryl methyl sites for hydroxylation is 1. The first-order valence-electron chi connectivity index (χ1n) is 12.4. The Labute approximate surface area is 208 Å². The number of Topliss-reactive ketones (excluding diaryl/α,β-unsaturated/α-hetero) is 4. The third-order valence-electron chi connectivity index (χ3n) is 9.00. The first-order chi connectivity index (χ1) is 16.9. The molecule has 5 atom stereocenters. The summed E-state index contributed by atoms with van der Waals surface area (Å²) in [7, 11) is 0. The number of aliphatic hydroxyl groups excluding tert-OH is 2. The standard InChI is InChI=1S/C28H30O8/c1-11-7-8-15-12(2)20-16(9-18(30)14-5-4-6-14)17-10-19(31)21(13(3)29)26(34)28(17,36)27(35)23(20)25(33)22(15)24(11)32/h7-8,12,14,16-17,20,32-34,36H,4-6,9-10H2,1-3H3/t12-,16+,17+,20-,28+/m0/s1. The molecule has 0 unspecified atom stereocenters. The highest BCUT2D eigenvalue weighted by Crippen LogP contribution is 2.59. The Morgan fingerprint density at radius 2 is 1.78 bits per heavy atom. The highest BCUT2D eigenvalue weighted by molar-refractivity contribution is 6.23. The number of benzene rings is 1. The summed E-state index contributed by atoms with van der Waals surface area (Å²) in [6, 6.07) is 3.46. The highest BCUT2D eigenvalue weighted by Gasteiger charge is 2.65. The predicted molar refractivity (Wildman–Crippen MR) is 128 cm³/mol. The molecular weight excluding hydrogens is 464 g/mol. The van der Waals surface area contributed by atoms with Crippen LogP contribution in [0.15, 0.2) is 29.0 Å². The van der Waals surface area contributed by atoms with Crippen molar-refractivity contribution in [2.45, 2.75) is 64.4 Å². The molecule has 8 nitrogen and oxygen atoms in total. The number of ketones is 4. The second-order valence-corrected chi connectivity index (χ2v) is 10.8. The molecule has 190 valence electrons. The number of aromatic hydroxyl groups is 1. The van der Waals surface area contributed by atoms with E-state index in [9.17, 15) is 39.6 Å². The van der Waals surface area contributed by atoms with Crippen molar-refractivity contribution in [1.29, 1.82) is 0 Å². The van der Waals surface area contributed by atoms with Crippen molar-refractivity contribution >= 4 is 28.9 Å². The van der Waals surface area contributed by atoms with Crippen LogP contribution in [-0.2, 0) is 19.2 Å². The quantitative estimate of drug-likeness (QED) is 0.466. The number of allylic oxidation sites excluding steroid dienone is 1. The fourth-order valence-corrected chi connectivity index (χ4v) is 6.82. The average molecular weight is 495 g/mol. The molecule has 4 aliphatic rings. The number of carbonyl (C=O) groups excluding carboxylic acids is 4. The van der Waals surface area contributed by atoms with Crippen LogP contribution in [0, 0.1) is 30.6 Å². The van der Waals surface area contributed by atoms with Gasteiger partial charge in [-0.3, -0.25) is 19.2 Å². The van der Waals surface area contributed by atoms with Crippen LogP contribution in [0.1, 0.15) is 68.6 Å². The fourth-order valence-electron chi connectivity index (χ4n) is 6.82. The SMILES string of the molecule is CC(=O)C1=C(O)[C@@]2(O)C(=O)C3=C(O)c4c(ccc(C)c4O)[C@H](C)[C@H]3[C@H](CC(=O)C3CCC3)[C@H]2CC1=O. The lowest BCUT2D eigenvalue weighted by molar-refractivity contribution is -0.156. The van der Waals surface area contributed by atoms with E-state index >= 15 is 0 Å². The number of fused-ring (bicyclic) bond motifs is 3. The molecule has 5 rings (SSSR count). The van der Waals surface area contributed by atoms with E-state index in [1.165, 1.54) is 0 Å². The lowest BCUT2D eigenvalue weighted by Crippen LogP contribution is -2.62. The molecule has 0 aliphatic heterocycles. The van der Waals surface area contributed by atoms with E-state index in [2.05, 4.69) is 0 Å². The molecule has 1 aromatic rings. The first-order valence-corrected chi connectivity index (χ1v) is 12.4. The zero-order valence-corrected chi connectivity index (χ0v) is 20.5. The number of hydrogen-bond donors (Lipinski definition) is 4. The highest BCUT2D eigenvalue weighted by atomic mass is 16.3. The summed E-state index contributed by atoms with van der Waals surface area (Å²) in [5.74, 6) is -7.47. The zero-order chi connectivity index (χ0) is 26.3. The molecule has 0 heterocycles. The fraction of sp³-hybridized carbons (Fsp3) is 0.500. The molecule has 0 spiro atoms. The van der Waals surface area contributed by atoms with Crippen LogP contribution in [0.25, 0.3) is 5.76 Å². The largest absolute Gasteiger partial charge is 0.508 e. The van der Waals surface area contributed by atoms with Crippen LogP contribution in [-0.4, -0.2) is 49.2 Å². The lowest BCUT2D eigenvalue weighted by atomic mass is 9.51. The van der Waals surface area contributed by atoms with Gasteiger partial charge in [0, 0.05) is 36.2 Å². The average Bonchev–Trinajstić information content (AvgIpc) is 2.76. The molecule has 0 radical (unpaired) electrons. The molecule has 4 aliphatic carbocycles. The third kappa shape index (κ3) is 3.09. The minimum absolute atomic E-state index is 0.0418. The van der Waals surface area contributed by atoms with E-state index in [1.54, 1.807) is 19.1 Å². The summed E-state index contributed by atoms with van der Waals surface area (Å²) in [5, 5.41) is 44.9. The van der Waals surface area contributed by atoms with Gasteiger partial charge in [-0.1, -0.05) is 25.5 Å². The van der Waals surface area contributed by atoms with Crippen LogP contribution in [0.5, 0.6) is 5.75 Å². The summed E-state index contributed by atoms with van der Waals surface area (Å²) in [4.78, 5) is 52.2. The van der Waals surface area contributed by atoms with E-state index in [0.717, 1.165) is 26.2 Å². The van der Waals surface area contributed by atoms with Gasteiger partial charge in [0.25, 0.3) is 0 Å². The van der Waals surface area contributed by atoms with E-state index in [-0.39, 0.29) is 41.4 Å². The van der Waals surface area contributed by atoms with Crippen molar-refractivity contribution in [3.8, 4) is 5.75 Å². The molecule has 36 heavy (non-hydrogen) atoms. The minimum atomic E-state index is -2.64. The molecule has 0 saturated heterocycles. The second-order valence-electron chi connectivity index (χ2n) is 10.8. The summed E-state index contributed by atoms with van der Waals surface area (Å²) in [6.45, 7) is 4.54. The van der Waals surface area contributed by atoms with Crippen molar-refractivity contribution in [3.63, 3.8) is 0 Å². The Morgan fingerprint density at radius 3 is 2.36 bits per heavy atom. The van der Waals surface area contributed by atoms with Gasteiger partial charge in [0.15, 0.2) is 17.2 Å². The number of aliphatic hydroxyl groups is 3. The molecule has 2 saturated carbocycles. The predicted octanol–water partition coefficient (Wildman–Crippen LogP) is 3.38. The second kappa shape index (κ2) is 8.13. The van der Waals surface area contributed by atoms with Gasteiger partial charge in [-0.15, -0.1) is 0 Å². The Hall–Kier alpha value is -3.26. The topological polar surface area (TPSA) is 149 Å². The van der Waals surface area contributed by atoms with Gasteiger partial charge in [0.1, 0.15) is 28.6 Å². The van der Waals surface area contributed by atoms with Crippen LogP contribution in [0.4, 0.5) is 0 Å². The summed E-state index contributed by atoms with van der Waals surface area (Å²) in [6.07, 6.45) is 2.02. The van der Waals surface area contributed by atoms with Crippen LogP contribution in [0.3, 0.4) is 0 Å². The molecule has 4 N–H and O–H groups in total. The Balaban J connectivity index is 1.77. The van der Waals surface area contributed by atoms with Gasteiger partial charge in [-0.25, -0.2) is 0 Å². The number of hydrogen-bond acceptors (Lipinski definition) is 8. The van der Waals surface area contributed by atoms with Gasteiger partial charge in [-0.2, -0.15) is 0 Å². The Bertz CT molecular complexity index is 1300. The minimum Gasteiger partial charge on any atom is -0.508 e. The van der Waals surface area contributed by atoms with Gasteiger partial charge >= 0.3 is 0 Å². The maximum Gasteiger partial charge on any atom is 0.202 e. The van der Waals surface area contributed by atoms with Crippen molar-refractivity contribution in [3.05, 3.63) is 45.7 Å². The number of phenols is 1. The van der Waals surface area contributed by atoms with Crippen molar-refractivity contribution in [1.82, 2.24) is 0 Å².